The highest BCUT2D eigenvalue weighted by Crippen LogP contribution is 2.17. The molecule has 2 amide bonds. The lowest BCUT2D eigenvalue weighted by molar-refractivity contribution is -0.142. The number of likely N-dealkylation sites (N-methyl/N-ethyl adjacent to an activating group) is 1. The second kappa shape index (κ2) is 11.0. The Morgan fingerprint density at radius 2 is 1.79 bits per heavy atom. The molecule has 150 valence electrons. The molecule has 0 bridgehead atoms. The molecule has 0 heterocycles. The lowest BCUT2D eigenvalue weighted by atomic mass is 10.1. The summed E-state index contributed by atoms with van der Waals surface area (Å²) in [6.45, 7) is 6.59. The van der Waals surface area contributed by atoms with Crippen LogP contribution < -0.4 is 10.1 Å². The molecule has 2 rings (SSSR count). The first-order valence-corrected chi connectivity index (χ1v) is 10.5. The topological polar surface area (TPSA) is 58.6 Å². The van der Waals surface area contributed by atoms with Crippen molar-refractivity contribution in [3.05, 3.63) is 63.2 Å². The van der Waals surface area contributed by atoms with E-state index >= 15 is 0 Å². The van der Waals surface area contributed by atoms with E-state index in [-0.39, 0.29) is 18.4 Å². The number of nitrogens with zero attached hydrogens (tertiary/aromatic N) is 1. The van der Waals surface area contributed by atoms with Crippen molar-refractivity contribution in [2.24, 2.45) is 0 Å². The SMILES string of the molecule is CCNC(=O)C(CC)N(Cc1ccccc1C)C(=O)COc1ccc(I)cc1. The van der Waals surface area contributed by atoms with E-state index in [0.717, 1.165) is 14.7 Å². The summed E-state index contributed by atoms with van der Waals surface area (Å²) < 4.78 is 6.78. The van der Waals surface area contributed by atoms with E-state index in [1.165, 1.54) is 0 Å². The number of nitrogens with one attached hydrogen (secondary N) is 1. The molecule has 0 saturated carbocycles. The number of amides is 2. The van der Waals surface area contributed by atoms with Gasteiger partial charge in [0, 0.05) is 16.7 Å². The Morgan fingerprint density at radius 3 is 2.39 bits per heavy atom. The van der Waals surface area contributed by atoms with Crippen molar-refractivity contribution in [2.45, 2.75) is 39.8 Å². The molecule has 1 unspecified atom stereocenters. The van der Waals surface area contributed by atoms with Gasteiger partial charge in [-0.25, -0.2) is 0 Å². The molecule has 5 nitrogen and oxygen atoms in total. The van der Waals surface area contributed by atoms with Gasteiger partial charge in [-0.1, -0.05) is 31.2 Å². The van der Waals surface area contributed by atoms with Crippen LogP contribution in [0.3, 0.4) is 0 Å². The van der Waals surface area contributed by atoms with Crippen molar-refractivity contribution in [3.63, 3.8) is 0 Å². The van der Waals surface area contributed by atoms with Gasteiger partial charge in [-0.3, -0.25) is 9.59 Å². The Balaban J connectivity index is 2.20. The quantitative estimate of drug-likeness (QED) is 0.538. The van der Waals surface area contributed by atoms with E-state index in [4.69, 9.17) is 4.74 Å². The van der Waals surface area contributed by atoms with Crippen LogP contribution >= 0.6 is 22.6 Å². The number of carbonyl (C=O) groups excluding carboxylic acids is 2. The molecule has 0 spiro atoms. The molecule has 2 aromatic rings. The summed E-state index contributed by atoms with van der Waals surface area (Å²) in [4.78, 5) is 27.2. The molecule has 6 heteroatoms. The van der Waals surface area contributed by atoms with Gasteiger partial charge in [-0.05, 0) is 78.3 Å². The maximum Gasteiger partial charge on any atom is 0.261 e. The summed E-state index contributed by atoms with van der Waals surface area (Å²) in [5, 5.41) is 2.84. The largest absolute Gasteiger partial charge is 0.484 e. The fourth-order valence-corrected chi connectivity index (χ4v) is 3.30. The minimum absolute atomic E-state index is 0.109. The molecule has 0 aliphatic heterocycles. The van der Waals surface area contributed by atoms with Crippen molar-refractivity contribution < 1.29 is 14.3 Å². The average Bonchev–Trinajstić information content (AvgIpc) is 2.69. The number of benzene rings is 2. The molecule has 2 aromatic carbocycles. The number of hydrogen-bond acceptors (Lipinski definition) is 3. The highest BCUT2D eigenvalue weighted by atomic mass is 127. The van der Waals surface area contributed by atoms with Crippen LogP contribution in [0.15, 0.2) is 48.5 Å². The summed E-state index contributed by atoms with van der Waals surface area (Å²) in [5.41, 5.74) is 2.11. The van der Waals surface area contributed by atoms with Crippen LogP contribution in [0.2, 0.25) is 0 Å². The molecule has 0 aromatic heterocycles. The van der Waals surface area contributed by atoms with Crippen LogP contribution in [0, 0.1) is 10.5 Å². The van der Waals surface area contributed by atoms with Gasteiger partial charge in [0.05, 0.1) is 0 Å². The number of rotatable bonds is 9. The summed E-state index contributed by atoms with van der Waals surface area (Å²) in [6, 6.07) is 14.9. The molecule has 0 fully saturated rings. The van der Waals surface area contributed by atoms with Crippen LogP contribution in [0.4, 0.5) is 0 Å². The normalized spacial score (nSPS) is 11.6. The van der Waals surface area contributed by atoms with E-state index in [9.17, 15) is 9.59 Å². The summed E-state index contributed by atoms with van der Waals surface area (Å²) in [5.74, 6) is 0.289. The van der Waals surface area contributed by atoms with Gasteiger partial charge in [0.1, 0.15) is 11.8 Å². The summed E-state index contributed by atoms with van der Waals surface area (Å²) >= 11 is 2.22. The Kier molecular flexibility index (Phi) is 8.76. The molecule has 0 saturated heterocycles. The molecule has 0 radical (unpaired) electrons. The third kappa shape index (κ3) is 6.22. The van der Waals surface area contributed by atoms with Crippen molar-refractivity contribution in [2.75, 3.05) is 13.2 Å². The second-order valence-electron chi connectivity index (χ2n) is 6.51. The molecular weight excluding hydrogens is 467 g/mol. The van der Waals surface area contributed by atoms with Crippen LogP contribution in [0.25, 0.3) is 0 Å². The van der Waals surface area contributed by atoms with Crippen LogP contribution in [-0.2, 0) is 16.1 Å². The van der Waals surface area contributed by atoms with Crippen molar-refractivity contribution >= 4 is 34.4 Å². The van der Waals surface area contributed by atoms with E-state index in [0.29, 0.717) is 25.3 Å². The zero-order valence-corrected chi connectivity index (χ0v) is 18.7. The van der Waals surface area contributed by atoms with Gasteiger partial charge in [-0.2, -0.15) is 0 Å². The average molecular weight is 494 g/mol. The Hall–Kier alpha value is -2.09. The molecule has 0 aliphatic rings. The van der Waals surface area contributed by atoms with Gasteiger partial charge < -0.3 is 15.0 Å². The Morgan fingerprint density at radius 1 is 1.11 bits per heavy atom. The van der Waals surface area contributed by atoms with E-state index in [1.54, 1.807) is 4.90 Å². The second-order valence-corrected chi connectivity index (χ2v) is 7.75. The lowest BCUT2D eigenvalue weighted by Gasteiger charge is -2.31. The predicted octanol–water partition coefficient (Wildman–Crippen LogP) is 3.92. The van der Waals surface area contributed by atoms with Crippen molar-refractivity contribution in [1.29, 1.82) is 0 Å². The third-order valence-corrected chi connectivity index (χ3v) is 5.23. The molecular formula is C22H27IN2O3. The molecule has 0 aliphatic carbocycles. The predicted molar refractivity (Wildman–Crippen MR) is 119 cm³/mol. The van der Waals surface area contributed by atoms with Gasteiger partial charge in [0.25, 0.3) is 5.91 Å². The number of ether oxygens (including phenoxy) is 1. The van der Waals surface area contributed by atoms with Gasteiger partial charge in [0.2, 0.25) is 5.91 Å². The fourth-order valence-electron chi connectivity index (χ4n) is 2.94. The Labute approximate surface area is 180 Å². The standard InChI is InChI=1S/C22H27IN2O3/c1-4-20(22(27)24-5-2)25(14-17-9-7-6-8-16(17)3)21(26)15-28-19-12-10-18(23)11-13-19/h6-13,20H,4-5,14-15H2,1-3H3,(H,24,27). The Bertz CT molecular complexity index is 793. The fraction of sp³-hybridized carbons (Fsp3) is 0.364. The molecule has 1 atom stereocenters. The third-order valence-electron chi connectivity index (χ3n) is 4.51. The minimum atomic E-state index is -0.535. The van der Waals surface area contributed by atoms with Gasteiger partial charge in [-0.15, -0.1) is 0 Å². The van der Waals surface area contributed by atoms with Gasteiger partial charge in [0.15, 0.2) is 6.61 Å². The molecule has 1 N–H and O–H groups in total. The van der Waals surface area contributed by atoms with E-state index in [1.807, 2.05) is 69.3 Å². The van der Waals surface area contributed by atoms with E-state index < -0.39 is 6.04 Å². The van der Waals surface area contributed by atoms with E-state index in [2.05, 4.69) is 27.9 Å². The number of aryl methyl sites for hydroxylation is 1. The first-order chi connectivity index (χ1) is 13.5. The van der Waals surface area contributed by atoms with Crippen molar-refractivity contribution in [3.8, 4) is 5.75 Å². The monoisotopic (exact) mass is 494 g/mol. The van der Waals surface area contributed by atoms with Crippen LogP contribution in [-0.4, -0.2) is 35.9 Å². The first-order valence-electron chi connectivity index (χ1n) is 9.46. The number of halogens is 1. The zero-order chi connectivity index (χ0) is 20.5. The minimum Gasteiger partial charge on any atom is -0.484 e. The van der Waals surface area contributed by atoms with Crippen LogP contribution in [0.5, 0.6) is 5.75 Å². The highest BCUT2D eigenvalue weighted by Gasteiger charge is 2.28. The molecule has 28 heavy (non-hydrogen) atoms. The lowest BCUT2D eigenvalue weighted by Crippen LogP contribution is -2.50. The number of carbonyl (C=O) groups is 2. The maximum absolute atomic E-state index is 13.0. The first kappa shape index (κ1) is 22.2. The smallest absolute Gasteiger partial charge is 0.261 e. The van der Waals surface area contributed by atoms with Crippen LogP contribution in [0.1, 0.15) is 31.4 Å². The number of hydrogen-bond donors (Lipinski definition) is 1. The maximum atomic E-state index is 13.0. The highest BCUT2D eigenvalue weighted by molar-refractivity contribution is 14.1. The summed E-state index contributed by atoms with van der Waals surface area (Å²) in [7, 11) is 0. The summed E-state index contributed by atoms with van der Waals surface area (Å²) in [6.07, 6.45) is 0.535. The van der Waals surface area contributed by atoms with Gasteiger partial charge >= 0.3 is 0 Å². The van der Waals surface area contributed by atoms with Crippen molar-refractivity contribution in [1.82, 2.24) is 10.2 Å². The zero-order valence-electron chi connectivity index (χ0n) is 16.6.